The van der Waals surface area contributed by atoms with Crippen molar-refractivity contribution < 1.29 is 13.2 Å². The van der Waals surface area contributed by atoms with Crippen molar-refractivity contribution in [1.82, 2.24) is 9.62 Å². The number of hydrogen-bond donors (Lipinski definition) is 1. The van der Waals surface area contributed by atoms with Crippen LogP contribution in [-0.2, 0) is 16.6 Å². The molecule has 0 radical (unpaired) electrons. The summed E-state index contributed by atoms with van der Waals surface area (Å²) in [6.45, 7) is 10.0. The molecule has 6 heteroatoms. The Kier molecular flexibility index (Phi) is 7.16. The zero-order chi connectivity index (χ0) is 20.8. The van der Waals surface area contributed by atoms with Crippen molar-refractivity contribution in [3.05, 3.63) is 78.4 Å². The molecular formula is C22H28N2O3S. The van der Waals surface area contributed by atoms with Gasteiger partial charge in [-0.05, 0) is 50.1 Å². The number of hydrogen-bond acceptors (Lipinski definition) is 3. The normalized spacial score (nSPS) is 12.0. The lowest BCUT2D eigenvalue weighted by Crippen LogP contribution is -2.42. The zero-order valence-corrected chi connectivity index (χ0v) is 17.5. The number of sulfonamides is 1. The van der Waals surface area contributed by atoms with Crippen LogP contribution in [0.1, 0.15) is 43.1 Å². The molecule has 0 aromatic heterocycles. The van der Waals surface area contributed by atoms with Crippen molar-refractivity contribution in [3.63, 3.8) is 0 Å². The van der Waals surface area contributed by atoms with E-state index in [1.807, 2.05) is 20.8 Å². The Labute approximate surface area is 168 Å². The van der Waals surface area contributed by atoms with Crippen LogP contribution in [0.15, 0.2) is 72.1 Å². The van der Waals surface area contributed by atoms with Crippen molar-refractivity contribution >= 4 is 15.9 Å². The Balaban J connectivity index is 2.18. The summed E-state index contributed by atoms with van der Waals surface area (Å²) < 4.78 is 27.2. The number of amides is 1. The second-order valence-corrected chi connectivity index (χ2v) is 9.23. The Morgan fingerprint density at radius 1 is 1.11 bits per heavy atom. The van der Waals surface area contributed by atoms with Gasteiger partial charge in [0.25, 0.3) is 5.91 Å². The van der Waals surface area contributed by atoms with E-state index in [1.165, 1.54) is 4.31 Å². The number of rotatable bonds is 9. The summed E-state index contributed by atoms with van der Waals surface area (Å²) in [5.41, 5.74) is 1.07. The molecule has 28 heavy (non-hydrogen) atoms. The van der Waals surface area contributed by atoms with Crippen molar-refractivity contribution in [2.75, 3.05) is 6.54 Å². The van der Waals surface area contributed by atoms with E-state index in [4.69, 9.17) is 0 Å². The Morgan fingerprint density at radius 2 is 1.71 bits per heavy atom. The zero-order valence-electron chi connectivity index (χ0n) is 16.7. The molecule has 0 aliphatic heterocycles. The molecule has 0 bridgehead atoms. The minimum absolute atomic E-state index is 0.141. The topological polar surface area (TPSA) is 66.5 Å². The van der Waals surface area contributed by atoms with Crippen molar-refractivity contribution in [3.8, 4) is 0 Å². The summed E-state index contributed by atoms with van der Waals surface area (Å²) in [5, 5.41) is 2.99. The molecule has 2 rings (SSSR count). The van der Waals surface area contributed by atoms with Gasteiger partial charge in [-0.2, -0.15) is 4.31 Å². The molecule has 0 aliphatic rings. The molecule has 1 amide bonds. The monoisotopic (exact) mass is 400 g/mol. The van der Waals surface area contributed by atoms with Gasteiger partial charge in [-0.25, -0.2) is 8.42 Å². The lowest BCUT2D eigenvalue weighted by atomic mass is 10.0. The van der Waals surface area contributed by atoms with Gasteiger partial charge in [0, 0.05) is 24.2 Å². The third-order valence-electron chi connectivity index (χ3n) is 4.62. The summed E-state index contributed by atoms with van der Waals surface area (Å²) in [6, 6.07) is 15.3. The predicted molar refractivity (Wildman–Crippen MR) is 113 cm³/mol. The Bertz CT molecular complexity index is 905. The summed E-state index contributed by atoms with van der Waals surface area (Å²) in [6.07, 6.45) is 2.39. The highest BCUT2D eigenvalue weighted by Gasteiger charge is 2.24. The van der Waals surface area contributed by atoms with E-state index in [2.05, 4.69) is 11.9 Å². The van der Waals surface area contributed by atoms with E-state index in [0.29, 0.717) is 5.56 Å². The fourth-order valence-corrected chi connectivity index (χ4v) is 3.99. The maximum absolute atomic E-state index is 12.9. The molecule has 150 valence electrons. The van der Waals surface area contributed by atoms with Gasteiger partial charge in [-0.1, -0.05) is 43.3 Å². The molecule has 2 aromatic rings. The highest BCUT2D eigenvalue weighted by Crippen LogP contribution is 2.19. The average Bonchev–Trinajstić information content (AvgIpc) is 2.68. The third kappa shape index (κ3) is 5.53. The molecule has 0 atom stereocenters. The summed E-state index contributed by atoms with van der Waals surface area (Å²) in [5.74, 6) is -0.141. The van der Waals surface area contributed by atoms with E-state index in [-0.39, 0.29) is 29.4 Å². The molecule has 0 saturated carbocycles. The molecule has 0 saturated heterocycles. The van der Waals surface area contributed by atoms with Crippen LogP contribution in [0.3, 0.4) is 0 Å². The van der Waals surface area contributed by atoms with Crippen LogP contribution in [-0.4, -0.2) is 30.7 Å². The van der Waals surface area contributed by atoms with E-state index < -0.39 is 10.0 Å². The predicted octanol–water partition coefficient (Wildman–Crippen LogP) is 3.98. The standard InChI is InChI=1S/C22H28N2O3S/c1-5-16-24(28(26,27)20-10-8-7-9-11-20)17-18-12-14-19(15-13-18)21(25)23-22(3,4)6-2/h5,7-15H,1,6,16-17H2,2-4H3,(H,23,25). The third-order valence-corrected chi connectivity index (χ3v) is 6.45. The van der Waals surface area contributed by atoms with Crippen LogP contribution < -0.4 is 5.32 Å². The molecule has 1 N–H and O–H groups in total. The largest absolute Gasteiger partial charge is 0.347 e. The van der Waals surface area contributed by atoms with Gasteiger partial charge in [0.15, 0.2) is 0 Å². The number of nitrogens with zero attached hydrogens (tertiary/aromatic N) is 1. The van der Waals surface area contributed by atoms with Crippen LogP contribution in [0.2, 0.25) is 0 Å². The van der Waals surface area contributed by atoms with Gasteiger partial charge in [-0.3, -0.25) is 4.79 Å². The highest BCUT2D eigenvalue weighted by molar-refractivity contribution is 7.89. The van der Waals surface area contributed by atoms with Gasteiger partial charge < -0.3 is 5.32 Å². The minimum Gasteiger partial charge on any atom is -0.347 e. The maximum Gasteiger partial charge on any atom is 0.251 e. The quantitative estimate of drug-likeness (QED) is 0.648. The molecule has 0 spiro atoms. The maximum atomic E-state index is 12.9. The molecule has 0 aliphatic carbocycles. The van der Waals surface area contributed by atoms with E-state index in [9.17, 15) is 13.2 Å². The van der Waals surface area contributed by atoms with Crippen molar-refractivity contribution in [1.29, 1.82) is 0 Å². The number of benzene rings is 2. The molecular weight excluding hydrogens is 372 g/mol. The summed E-state index contributed by atoms with van der Waals surface area (Å²) in [7, 11) is -3.63. The lowest BCUT2D eigenvalue weighted by Gasteiger charge is -2.24. The molecule has 5 nitrogen and oxygen atoms in total. The molecule has 0 fully saturated rings. The van der Waals surface area contributed by atoms with Gasteiger partial charge >= 0.3 is 0 Å². The first-order chi connectivity index (χ1) is 13.2. The number of carbonyl (C=O) groups excluding carboxylic acids is 1. The van der Waals surface area contributed by atoms with E-state index >= 15 is 0 Å². The van der Waals surface area contributed by atoms with E-state index in [1.54, 1.807) is 60.7 Å². The van der Waals surface area contributed by atoms with Crippen molar-refractivity contribution in [2.45, 2.75) is 44.2 Å². The van der Waals surface area contributed by atoms with Crippen LogP contribution in [0, 0.1) is 0 Å². The second kappa shape index (κ2) is 9.17. The molecule has 0 unspecified atom stereocenters. The lowest BCUT2D eigenvalue weighted by molar-refractivity contribution is 0.0911. The van der Waals surface area contributed by atoms with Crippen LogP contribution in [0.4, 0.5) is 0 Å². The minimum atomic E-state index is -3.63. The van der Waals surface area contributed by atoms with Gasteiger partial charge in [0.05, 0.1) is 4.90 Å². The SMILES string of the molecule is C=CCN(Cc1ccc(C(=O)NC(C)(C)CC)cc1)S(=O)(=O)c1ccccc1. The van der Waals surface area contributed by atoms with Crippen molar-refractivity contribution in [2.24, 2.45) is 0 Å². The van der Waals surface area contributed by atoms with E-state index in [0.717, 1.165) is 12.0 Å². The first-order valence-corrected chi connectivity index (χ1v) is 10.7. The first-order valence-electron chi connectivity index (χ1n) is 9.27. The number of carbonyl (C=O) groups is 1. The second-order valence-electron chi connectivity index (χ2n) is 7.29. The first kappa shape index (κ1) is 21.9. The average molecular weight is 401 g/mol. The van der Waals surface area contributed by atoms with Gasteiger partial charge in [0.2, 0.25) is 10.0 Å². The smallest absolute Gasteiger partial charge is 0.251 e. The number of nitrogens with one attached hydrogen (secondary N) is 1. The highest BCUT2D eigenvalue weighted by atomic mass is 32.2. The van der Waals surface area contributed by atoms with Crippen LogP contribution >= 0.6 is 0 Å². The Hall–Kier alpha value is -2.44. The van der Waals surface area contributed by atoms with Crippen LogP contribution in [0.5, 0.6) is 0 Å². The summed E-state index contributed by atoms with van der Waals surface area (Å²) >= 11 is 0. The fourth-order valence-electron chi connectivity index (χ4n) is 2.57. The molecule has 2 aromatic carbocycles. The molecule has 0 heterocycles. The van der Waals surface area contributed by atoms with Gasteiger partial charge in [0.1, 0.15) is 0 Å². The fraction of sp³-hybridized carbons (Fsp3) is 0.318. The Morgan fingerprint density at radius 3 is 2.25 bits per heavy atom. The summed E-state index contributed by atoms with van der Waals surface area (Å²) in [4.78, 5) is 12.6. The van der Waals surface area contributed by atoms with Crippen LogP contribution in [0.25, 0.3) is 0 Å². The van der Waals surface area contributed by atoms with Gasteiger partial charge in [-0.15, -0.1) is 6.58 Å².